The topological polar surface area (TPSA) is 55.8 Å². The lowest BCUT2D eigenvalue weighted by atomic mass is 9.91. The van der Waals surface area contributed by atoms with Gasteiger partial charge in [-0.05, 0) is 66.1 Å². The first kappa shape index (κ1) is 16.7. The first-order valence-electron chi connectivity index (χ1n) is 8.25. The number of likely N-dealkylation sites (N-methyl/N-ethyl adjacent to an activating group) is 2. The summed E-state index contributed by atoms with van der Waals surface area (Å²) >= 11 is 0. The van der Waals surface area contributed by atoms with Crippen LogP contribution in [0.1, 0.15) is 39.5 Å². The summed E-state index contributed by atoms with van der Waals surface area (Å²) in [5, 5.41) is 13.2. The van der Waals surface area contributed by atoms with Crippen molar-refractivity contribution in [3.05, 3.63) is 0 Å². The molecule has 0 bridgehead atoms. The molecule has 1 heterocycles. The van der Waals surface area contributed by atoms with Gasteiger partial charge in [-0.15, -0.1) is 0 Å². The van der Waals surface area contributed by atoms with Crippen LogP contribution in [0.4, 0.5) is 0 Å². The second-order valence-corrected chi connectivity index (χ2v) is 7.32. The molecule has 0 aromatic heterocycles. The number of carbonyl (C=O) groups is 1. The van der Waals surface area contributed by atoms with E-state index in [0.29, 0.717) is 12.6 Å². The van der Waals surface area contributed by atoms with Crippen molar-refractivity contribution in [3.63, 3.8) is 0 Å². The number of rotatable bonds is 8. The highest BCUT2D eigenvalue weighted by Gasteiger charge is 2.52. The molecule has 21 heavy (non-hydrogen) atoms. The van der Waals surface area contributed by atoms with Gasteiger partial charge in [-0.1, -0.05) is 0 Å². The van der Waals surface area contributed by atoms with Gasteiger partial charge in [0.1, 0.15) is 5.54 Å². The second kappa shape index (κ2) is 6.63. The Bertz CT molecular complexity index is 371. The number of hydrogen-bond donors (Lipinski definition) is 2. The zero-order valence-electron chi connectivity index (χ0n) is 13.9. The maximum Gasteiger partial charge on any atom is 0.325 e. The molecule has 5 heteroatoms. The Kier molecular flexibility index (Phi) is 5.28. The predicted octanol–water partition coefficient (Wildman–Crippen LogP) is 1.24. The summed E-state index contributed by atoms with van der Waals surface area (Å²) in [5.41, 5.74) is -0.778. The number of hydrogen-bond acceptors (Lipinski definition) is 4. The van der Waals surface area contributed by atoms with E-state index in [0.717, 1.165) is 25.9 Å². The zero-order valence-corrected chi connectivity index (χ0v) is 13.9. The average molecular weight is 297 g/mol. The maximum atomic E-state index is 12.0. The highest BCUT2D eigenvalue weighted by atomic mass is 16.4. The van der Waals surface area contributed by atoms with Crippen LogP contribution in [0.2, 0.25) is 0 Å². The summed E-state index contributed by atoms with van der Waals surface area (Å²) < 4.78 is 0. The minimum Gasteiger partial charge on any atom is -0.480 e. The molecule has 0 aromatic carbocycles. The molecule has 1 saturated heterocycles. The molecule has 1 aliphatic heterocycles. The molecule has 2 atom stereocenters. The van der Waals surface area contributed by atoms with Crippen LogP contribution in [-0.4, -0.2) is 72.2 Å². The van der Waals surface area contributed by atoms with Crippen molar-refractivity contribution >= 4 is 5.97 Å². The lowest BCUT2D eigenvalue weighted by molar-refractivity contribution is -0.147. The minimum absolute atomic E-state index is 0.184. The van der Waals surface area contributed by atoms with Gasteiger partial charge in [-0.2, -0.15) is 0 Å². The van der Waals surface area contributed by atoms with Crippen molar-refractivity contribution in [1.82, 2.24) is 15.1 Å². The quantitative estimate of drug-likeness (QED) is 0.706. The van der Waals surface area contributed by atoms with E-state index in [4.69, 9.17) is 0 Å². The molecule has 2 fully saturated rings. The fourth-order valence-electron chi connectivity index (χ4n) is 3.75. The molecular weight excluding hydrogens is 266 g/mol. The van der Waals surface area contributed by atoms with Crippen molar-refractivity contribution in [1.29, 1.82) is 0 Å². The van der Waals surface area contributed by atoms with Gasteiger partial charge in [-0.25, -0.2) is 0 Å². The average Bonchev–Trinajstić information content (AvgIpc) is 3.14. The summed E-state index contributed by atoms with van der Waals surface area (Å²) in [5.74, 6) is -0.411. The van der Waals surface area contributed by atoms with Crippen LogP contribution in [-0.2, 0) is 4.79 Å². The van der Waals surface area contributed by atoms with Crippen molar-refractivity contribution in [2.24, 2.45) is 5.92 Å². The van der Waals surface area contributed by atoms with Crippen molar-refractivity contribution in [2.75, 3.05) is 33.7 Å². The van der Waals surface area contributed by atoms with Crippen molar-refractivity contribution in [3.8, 4) is 0 Å². The summed E-state index contributed by atoms with van der Waals surface area (Å²) in [4.78, 5) is 16.6. The van der Waals surface area contributed by atoms with Crippen LogP contribution >= 0.6 is 0 Å². The number of carboxylic acids is 1. The summed E-state index contributed by atoms with van der Waals surface area (Å²) in [6.45, 7) is 6.78. The van der Waals surface area contributed by atoms with Crippen molar-refractivity contribution in [2.45, 2.75) is 57.2 Å². The molecule has 0 spiro atoms. The molecule has 2 aliphatic rings. The van der Waals surface area contributed by atoms with Gasteiger partial charge >= 0.3 is 5.97 Å². The minimum atomic E-state index is -0.778. The zero-order chi connectivity index (χ0) is 15.6. The molecule has 0 radical (unpaired) electrons. The predicted molar refractivity (Wildman–Crippen MR) is 84.5 cm³/mol. The highest BCUT2D eigenvalue weighted by molar-refractivity contribution is 5.80. The third-order valence-electron chi connectivity index (χ3n) is 4.92. The molecule has 2 unspecified atom stereocenters. The monoisotopic (exact) mass is 297 g/mol. The second-order valence-electron chi connectivity index (χ2n) is 7.32. The lowest BCUT2D eigenvalue weighted by Gasteiger charge is -2.37. The largest absolute Gasteiger partial charge is 0.480 e. The Morgan fingerprint density at radius 2 is 2.10 bits per heavy atom. The Hall–Kier alpha value is -0.650. The van der Waals surface area contributed by atoms with E-state index < -0.39 is 11.5 Å². The normalized spacial score (nSPS) is 26.5. The number of likely N-dealkylation sites (tertiary alicyclic amines) is 1. The van der Waals surface area contributed by atoms with E-state index >= 15 is 0 Å². The molecule has 0 aromatic rings. The molecule has 0 amide bonds. The smallest absolute Gasteiger partial charge is 0.325 e. The Morgan fingerprint density at radius 3 is 2.52 bits per heavy atom. The molecular formula is C16H31N3O2. The Morgan fingerprint density at radius 1 is 1.43 bits per heavy atom. The van der Waals surface area contributed by atoms with Crippen LogP contribution < -0.4 is 5.32 Å². The molecule has 2 rings (SSSR count). The molecule has 1 saturated carbocycles. The first-order valence-corrected chi connectivity index (χ1v) is 8.25. The van der Waals surface area contributed by atoms with Gasteiger partial charge in [0, 0.05) is 25.2 Å². The Labute approximate surface area is 128 Å². The molecule has 5 nitrogen and oxygen atoms in total. The van der Waals surface area contributed by atoms with E-state index in [-0.39, 0.29) is 12.0 Å². The lowest BCUT2D eigenvalue weighted by Crippen LogP contribution is -2.62. The van der Waals surface area contributed by atoms with Gasteiger partial charge in [0.15, 0.2) is 0 Å². The fraction of sp³-hybridized carbons (Fsp3) is 0.938. The van der Waals surface area contributed by atoms with Gasteiger partial charge in [0.25, 0.3) is 0 Å². The van der Waals surface area contributed by atoms with Crippen LogP contribution in [0.25, 0.3) is 0 Å². The van der Waals surface area contributed by atoms with Gasteiger partial charge in [0.05, 0.1) is 0 Å². The fourth-order valence-corrected chi connectivity index (χ4v) is 3.75. The maximum absolute atomic E-state index is 12.0. The third kappa shape index (κ3) is 3.96. The molecule has 122 valence electrons. The first-order chi connectivity index (χ1) is 9.85. The standard InChI is InChI=1S/C16H31N3O2/c1-12(2)17-16(15(20)21,13-7-8-13)11-18(3)10-14-6-5-9-19(14)4/h12-14,17H,5-11H2,1-4H3,(H,20,21). The van der Waals surface area contributed by atoms with Crippen molar-refractivity contribution < 1.29 is 9.90 Å². The van der Waals surface area contributed by atoms with E-state index in [9.17, 15) is 9.90 Å². The van der Waals surface area contributed by atoms with Crippen LogP contribution in [0, 0.1) is 5.92 Å². The van der Waals surface area contributed by atoms with E-state index in [1.165, 1.54) is 12.8 Å². The van der Waals surface area contributed by atoms with Gasteiger partial charge in [-0.3, -0.25) is 10.1 Å². The van der Waals surface area contributed by atoms with Crippen LogP contribution in [0.5, 0.6) is 0 Å². The van der Waals surface area contributed by atoms with E-state index in [2.05, 4.69) is 29.2 Å². The van der Waals surface area contributed by atoms with E-state index in [1.807, 2.05) is 13.8 Å². The SMILES string of the molecule is CC(C)NC(CN(C)CC1CCCN1C)(C(=O)O)C1CC1. The summed E-state index contributed by atoms with van der Waals surface area (Å²) in [6.07, 6.45) is 4.54. The van der Waals surface area contributed by atoms with Gasteiger partial charge < -0.3 is 14.9 Å². The summed E-state index contributed by atoms with van der Waals surface area (Å²) in [7, 11) is 4.23. The summed E-state index contributed by atoms with van der Waals surface area (Å²) in [6, 6.07) is 0.754. The van der Waals surface area contributed by atoms with Crippen LogP contribution in [0.3, 0.4) is 0 Å². The molecule has 2 N–H and O–H groups in total. The van der Waals surface area contributed by atoms with E-state index in [1.54, 1.807) is 0 Å². The molecule has 1 aliphatic carbocycles. The Balaban J connectivity index is 2.01. The number of nitrogens with zero attached hydrogens (tertiary/aromatic N) is 2. The number of nitrogens with one attached hydrogen (secondary N) is 1. The number of carboxylic acid groups (broad SMARTS) is 1. The van der Waals surface area contributed by atoms with Gasteiger partial charge in [0.2, 0.25) is 0 Å². The number of aliphatic carboxylic acids is 1. The highest BCUT2D eigenvalue weighted by Crippen LogP contribution is 2.40. The third-order valence-corrected chi connectivity index (χ3v) is 4.92. The van der Waals surface area contributed by atoms with Crippen LogP contribution in [0.15, 0.2) is 0 Å².